The monoisotopic (exact) mass is 252 g/mol. The minimum absolute atomic E-state index is 0.624. The van der Waals surface area contributed by atoms with E-state index in [2.05, 4.69) is 20.6 Å². The summed E-state index contributed by atoms with van der Waals surface area (Å²) in [7, 11) is 0. The molecular weight excluding hydrogens is 228 g/mol. The summed E-state index contributed by atoms with van der Waals surface area (Å²) < 4.78 is 7.59. The molecule has 1 aromatic rings. The topological polar surface area (TPSA) is 56.3 Å². The number of imidazole rings is 1. The SMILES string of the molecule is CCOCCCn1ccnc1N1CCC(CN)C1. The molecule has 5 nitrogen and oxygen atoms in total. The number of aromatic nitrogens is 2. The summed E-state index contributed by atoms with van der Waals surface area (Å²) in [5.41, 5.74) is 5.73. The molecule has 2 heterocycles. The number of rotatable bonds is 7. The fraction of sp³-hybridized carbons (Fsp3) is 0.769. The molecule has 102 valence electrons. The molecule has 2 N–H and O–H groups in total. The van der Waals surface area contributed by atoms with Crippen LogP contribution in [0.15, 0.2) is 12.4 Å². The van der Waals surface area contributed by atoms with Gasteiger partial charge in [0.15, 0.2) is 0 Å². The van der Waals surface area contributed by atoms with Crippen LogP contribution in [-0.4, -0.2) is 42.4 Å². The van der Waals surface area contributed by atoms with Gasteiger partial charge in [-0.2, -0.15) is 0 Å². The Labute approximate surface area is 109 Å². The minimum atomic E-state index is 0.624. The first kappa shape index (κ1) is 13.4. The van der Waals surface area contributed by atoms with Crippen molar-refractivity contribution in [2.24, 2.45) is 11.7 Å². The highest BCUT2D eigenvalue weighted by Crippen LogP contribution is 2.21. The van der Waals surface area contributed by atoms with Gasteiger partial charge >= 0.3 is 0 Å². The van der Waals surface area contributed by atoms with Gasteiger partial charge in [-0.25, -0.2) is 4.98 Å². The average Bonchev–Trinajstić information content (AvgIpc) is 3.02. The van der Waals surface area contributed by atoms with Gasteiger partial charge in [-0.05, 0) is 32.2 Å². The Bertz CT molecular complexity index is 353. The summed E-state index contributed by atoms with van der Waals surface area (Å²) in [6, 6.07) is 0. The summed E-state index contributed by atoms with van der Waals surface area (Å²) in [4.78, 5) is 6.82. The second-order valence-corrected chi connectivity index (χ2v) is 4.81. The number of nitrogens with two attached hydrogens (primary N) is 1. The van der Waals surface area contributed by atoms with E-state index in [4.69, 9.17) is 10.5 Å². The zero-order valence-electron chi connectivity index (χ0n) is 11.2. The predicted molar refractivity (Wildman–Crippen MR) is 72.7 cm³/mol. The van der Waals surface area contributed by atoms with E-state index >= 15 is 0 Å². The fourth-order valence-electron chi connectivity index (χ4n) is 2.45. The molecule has 1 unspecified atom stereocenters. The van der Waals surface area contributed by atoms with Crippen LogP contribution in [0.2, 0.25) is 0 Å². The molecule has 0 amide bonds. The zero-order chi connectivity index (χ0) is 12.8. The third-order valence-electron chi connectivity index (χ3n) is 3.49. The van der Waals surface area contributed by atoms with Crippen LogP contribution < -0.4 is 10.6 Å². The molecule has 1 saturated heterocycles. The smallest absolute Gasteiger partial charge is 0.205 e. The predicted octanol–water partition coefficient (Wildman–Crippen LogP) is 1.09. The first-order valence-corrected chi connectivity index (χ1v) is 6.89. The average molecular weight is 252 g/mol. The molecule has 1 fully saturated rings. The van der Waals surface area contributed by atoms with Crippen molar-refractivity contribution in [2.45, 2.75) is 26.3 Å². The second kappa shape index (κ2) is 6.75. The standard InChI is InChI=1S/C13H24N4O/c1-2-18-9-3-6-16-8-5-15-13(16)17-7-4-12(10-14)11-17/h5,8,12H,2-4,6-7,9-11,14H2,1H3. The van der Waals surface area contributed by atoms with Gasteiger partial charge in [-0.3, -0.25) is 0 Å². The van der Waals surface area contributed by atoms with Crippen molar-refractivity contribution >= 4 is 5.95 Å². The molecule has 18 heavy (non-hydrogen) atoms. The number of anilines is 1. The number of hydrogen-bond donors (Lipinski definition) is 1. The molecule has 1 aromatic heterocycles. The van der Waals surface area contributed by atoms with E-state index < -0.39 is 0 Å². The highest BCUT2D eigenvalue weighted by atomic mass is 16.5. The van der Waals surface area contributed by atoms with E-state index in [-0.39, 0.29) is 0 Å². The molecule has 0 spiro atoms. The minimum Gasteiger partial charge on any atom is -0.382 e. The van der Waals surface area contributed by atoms with Crippen LogP contribution in [0, 0.1) is 5.92 Å². The Kier molecular flexibility index (Phi) is 5.01. The summed E-state index contributed by atoms with van der Waals surface area (Å²) >= 11 is 0. The Hall–Kier alpha value is -1.07. The van der Waals surface area contributed by atoms with Crippen LogP contribution in [0.4, 0.5) is 5.95 Å². The number of hydrogen-bond acceptors (Lipinski definition) is 4. The van der Waals surface area contributed by atoms with E-state index in [9.17, 15) is 0 Å². The molecule has 0 radical (unpaired) electrons. The maximum atomic E-state index is 5.73. The van der Waals surface area contributed by atoms with Gasteiger partial charge < -0.3 is 19.9 Å². The number of nitrogens with zero attached hydrogens (tertiary/aromatic N) is 3. The molecule has 2 rings (SSSR count). The molecule has 1 aliphatic rings. The van der Waals surface area contributed by atoms with Gasteiger partial charge in [-0.15, -0.1) is 0 Å². The second-order valence-electron chi connectivity index (χ2n) is 4.81. The Balaban J connectivity index is 1.87. The van der Waals surface area contributed by atoms with Gasteiger partial charge in [0.25, 0.3) is 0 Å². The summed E-state index contributed by atoms with van der Waals surface area (Å²) in [6.45, 7) is 7.50. The lowest BCUT2D eigenvalue weighted by Crippen LogP contribution is -2.25. The summed E-state index contributed by atoms with van der Waals surface area (Å²) in [6.07, 6.45) is 6.15. The van der Waals surface area contributed by atoms with Crippen LogP contribution in [0.3, 0.4) is 0 Å². The van der Waals surface area contributed by atoms with Crippen molar-refractivity contribution in [3.63, 3.8) is 0 Å². The van der Waals surface area contributed by atoms with E-state index in [0.29, 0.717) is 5.92 Å². The van der Waals surface area contributed by atoms with Crippen LogP contribution >= 0.6 is 0 Å². The molecular formula is C13H24N4O. The lowest BCUT2D eigenvalue weighted by atomic mass is 10.1. The van der Waals surface area contributed by atoms with E-state index in [0.717, 1.165) is 51.8 Å². The van der Waals surface area contributed by atoms with Crippen molar-refractivity contribution in [1.82, 2.24) is 9.55 Å². The maximum Gasteiger partial charge on any atom is 0.205 e. The van der Waals surface area contributed by atoms with Crippen LogP contribution in [0.25, 0.3) is 0 Å². The Morgan fingerprint density at radius 3 is 3.17 bits per heavy atom. The maximum absolute atomic E-state index is 5.73. The lowest BCUT2D eigenvalue weighted by Gasteiger charge is -2.19. The van der Waals surface area contributed by atoms with Crippen molar-refractivity contribution in [3.05, 3.63) is 12.4 Å². The molecule has 1 aliphatic heterocycles. The van der Waals surface area contributed by atoms with Gasteiger partial charge in [-0.1, -0.05) is 0 Å². The van der Waals surface area contributed by atoms with Gasteiger partial charge in [0.2, 0.25) is 5.95 Å². The Morgan fingerprint density at radius 2 is 2.44 bits per heavy atom. The lowest BCUT2D eigenvalue weighted by molar-refractivity contribution is 0.141. The van der Waals surface area contributed by atoms with E-state index in [1.54, 1.807) is 0 Å². The molecule has 0 aromatic carbocycles. The summed E-state index contributed by atoms with van der Waals surface area (Å²) in [5, 5.41) is 0. The van der Waals surface area contributed by atoms with Gasteiger partial charge in [0.1, 0.15) is 0 Å². The number of aryl methyl sites for hydroxylation is 1. The first-order valence-electron chi connectivity index (χ1n) is 6.89. The highest BCUT2D eigenvalue weighted by Gasteiger charge is 2.24. The molecule has 1 atom stereocenters. The number of ether oxygens (including phenoxy) is 1. The molecule has 5 heteroatoms. The van der Waals surface area contributed by atoms with Crippen LogP contribution in [0.5, 0.6) is 0 Å². The van der Waals surface area contributed by atoms with Crippen molar-refractivity contribution in [1.29, 1.82) is 0 Å². The fourth-order valence-corrected chi connectivity index (χ4v) is 2.45. The highest BCUT2D eigenvalue weighted by molar-refractivity contribution is 5.33. The van der Waals surface area contributed by atoms with Gasteiger partial charge in [0, 0.05) is 45.2 Å². The molecule has 0 saturated carbocycles. The molecule has 0 bridgehead atoms. The zero-order valence-corrected chi connectivity index (χ0v) is 11.2. The normalized spacial score (nSPS) is 19.7. The third-order valence-corrected chi connectivity index (χ3v) is 3.49. The first-order chi connectivity index (χ1) is 8.85. The largest absolute Gasteiger partial charge is 0.382 e. The summed E-state index contributed by atoms with van der Waals surface area (Å²) in [5.74, 6) is 1.71. The Morgan fingerprint density at radius 1 is 1.56 bits per heavy atom. The quantitative estimate of drug-likeness (QED) is 0.738. The van der Waals surface area contributed by atoms with Crippen LogP contribution in [0.1, 0.15) is 19.8 Å². The third kappa shape index (κ3) is 3.23. The van der Waals surface area contributed by atoms with Gasteiger partial charge in [0.05, 0.1) is 0 Å². The van der Waals surface area contributed by atoms with Crippen molar-refractivity contribution in [2.75, 3.05) is 37.7 Å². The van der Waals surface area contributed by atoms with Crippen LogP contribution in [-0.2, 0) is 11.3 Å². The van der Waals surface area contributed by atoms with Crippen molar-refractivity contribution < 1.29 is 4.74 Å². The van der Waals surface area contributed by atoms with Crippen molar-refractivity contribution in [3.8, 4) is 0 Å². The van der Waals surface area contributed by atoms with E-state index in [1.807, 2.05) is 13.1 Å². The molecule has 0 aliphatic carbocycles. The van der Waals surface area contributed by atoms with E-state index in [1.165, 1.54) is 6.42 Å².